The van der Waals surface area contributed by atoms with E-state index >= 15 is 0 Å². The smallest absolute Gasteiger partial charge is 0.225 e. The van der Waals surface area contributed by atoms with Crippen molar-refractivity contribution in [2.45, 2.75) is 52.6 Å². The van der Waals surface area contributed by atoms with Crippen LogP contribution >= 0.6 is 0 Å². The number of hydrogen-bond acceptors (Lipinski definition) is 7. The van der Waals surface area contributed by atoms with Gasteiger partial charge in [-0.25, -0.2) is 4.98 Å². The van der Waals surface area contributed by atoms with Crippen molar-refractivity contribution in [1.29, 1.82) is 0 Å². The highest BCUT2D eigenvalue weighted by molar-refractivity contribution is 5.90. The molecule has 7 nitrogen and oxygen atoms in total. The van der Waals surface area contributed by atoms with E-state index in [0.717, 1.165) is 81.8 Å². The van der Waals surface area contributed by atoms with Gasteiger partial charge in [0, 0.05) is 57.4 Å². The third-order valence-corrected chi connectivity index (χ3v) is 7.52. The fraction of sp³-hybridized carbons (Fsp3) is 0.533. The minimum absolute atomic E-state index is 0.413. The summed E-state index contributed by atoms with van der Waals surface area (Å²) in [4.78, 5) is 17.0. The SMILES string of the molecule is CCN(CC)CCCNc1nc(NC2CCN(Cc3cccc(C)c3N(C)C)CC2)c2ccccc2n1. The molecule has 0 atom stereocenters. The van der Waals surface area contributed by atoms with Crippen LogP contribution in [0.15, 0.2) is 42.5 Å². The molecular formula is C30H45N7. The summed E-state index contributed by atoms with van der Waals surface area (Å²) in [6.45, 7) is 14.0. The van der Waals surface area contributed by atoms with Gasteiger partial charge in [0.25, 0.3) is 0 Å². The molecule has 7 heteroatoms. The predicted octanol–water partition coefficient (Wildman–Crippen LogP) is 5.22. The van der Waals surface area contributed by atoms with Crippen LogP contribution in [0.4, 0.5) is 17.5 Å². The standard InChI is InChI=1S/C30H45N7/c1-6-36(7-2)19-11-18-31-30-33-27-15-9-8-14-26(27)29(34-30)32-25-16-20-37(21-17-25)22-24-13-10-12-23(3)28(24)35(4)5/h8-10,12-15,25H,6-7,11,16-22H2,1-5H3,(H2,31,32,33,34). The van der Waals surface area contributed by atoms with Crippen LogP contribution in [0, 0.1) is 6.92 Å². The van der Waals surface area contributed by atoms with E-state index < -0.39 is 0 Å². The van der Waals surface area contributed by atoms with E-state index in [4.69, 9.17) is 9.97 Å². The second kappa shape index (κ2) is 13.1. The highest BCUT2D eigenvalue weighted by atomic mass is 15.2. The number of likely N-dealkylation sites (tertiary alicyclic amines) is 1. The summed E-state index contributed by atoms with van der Waals surface area (Å²) in [5.41, 5.74) is 5.09. The van der Waals surface area contributed by atoms with Crippen LogP contribution in [0.25, 0.3) is 10.9 Å². The Bertz CT molecular complexity index is 1130. The summed E-state index contributed by atoms with van der Waals surface area (Å²) < 4.78 is 0. The number of benzene rings is 2. The van der Waals surface area contributed by atoms with E-state index in [1.54, 1.807) is 0 Å². The Morgan fingerprint density at radius 1 is 0.973 bits per heavy atom. The van der Waals surface area contributed by atoms with Crippen molar-refractivity contribution in [1.82, 2.24) is 19.8 Å². The first kappa shape index (κ1) is 27.1. The first-order chi connectivity index (χ1) is 18.0. The molecule has 1 aliphatic rings. The topological polar surface area (TPSA) is 59.6 Å². The third-order valence-electron chi connectivity index (χ3n) is 7.52. The summed E-state index contributed by atoms with van der Waals surface area (Å²) >= 11 is 0. The molecule has 2 N–H and O–H groups in total. The molecule has 1 fully saturated rings. The zero-order chi connectivity index (χ0) is 26.2. The van der Waals surface area contributed by atoms with Crippen LogP contribution in [-0.2, 0) is 6.54 Å². The second-order valence-corrected chi connectivity index (χ2v) is 10.4. The Morgan fingerprint density at radius 3 is 2.46 bits per heavy atom. The molecule has 0 bridgehead atoms. The number of aromatic nitrogens is 2. The molecule has 0 unspecified atom stereocenters. The van der Waals surface area contributed by atoms with Gasteiger partial charge < -0.3 is 20.4 Å². The fourth-order valence-electron chi connectivity index (χ4n) is 5.47. The van der Waals surface area contributed by atoms with E-state index in [1.165, 1.54) is 16.8 Å². The van der Waals surface area contributed by atoms with Gasteiger partial charge in [-0.1, -0.05) is 44.2 Å². The molecule has 37 heavy (non-hydrogen) atoms. The van der Waals surface area contributed by atoms with Crippen LogP contribution in [0.2, 0.25) is 0 Å². The summed E-state index contributed by atoms with van der Waals surface area (Å²) in [6.07, 6.45) is 3.29. The maximum Gasteiger partial charge on any atom is 0.225 e. The summed E-state index contributed by atoms with van der Waals surface area (Å²) in [5.74, 6) is 1.66. The van der Waals surface area contributed by atoms with E-state index in [-0.39, 0.29) is 0 Å². The van der Waals surface area contributed by atoms with Gasteiger partial charge in [-0.2, -0.15) is 4.98 Å². The average Bonchev–Trinajstić information content (AvgIpc) is 2.90. The number of nitrogens with one attached hydrogen (secondary N) is 2. The molecule has 1 aliphatic heterocycles. The Hall–Kier alpha value is -2.90. The van der Waals surface area contributed by atoms with Crippen LogP contribution < -0.4 is 15.5 Å². The summed E-state index contributed by atoms with van der Waals surface area (Å²) in [6, 6.07) is 15.4. The summed E-state index contributed by atoms with van der Waals surface area (Å²) in [7, 11) is 4.28. The van der Waals surface area contributed by atoms with Gasteiger partial charge in [-0.05, 0) is 69.1 Å². The van der Waals surface area contributed by atoms with Crippen molar-refractivity contribution in [3.63, 3.8) is 0 Å². The Kier molecular flexibility index (Phi) is 9.58. The molecule has 200 valence electrons. The molecule has 4 rings (SSSR count). The Balaban J connectivity index is 1.37. The van der Waals surface area contributed by atoms with E-state index in [1.807, 2.05) is 0 Å². The molecule has 0 amide bonds. The number of fused-ring (bicyclic) bond motifs is 1. The minimum Gasteiger partial charge on any atom is -0.377 e. The monoisotopic (exact) mass is 503 g/mol. The normalized spacial score (nSPS) is 14.9. The van der Waals surface area contributed by atoms with E-state index in [2.05, 4.69) is 103 Å². The molecule has 0 radical (unpaired) electrons. The lowest BCUT2D eigenvalue weighted by Crippen LogP contribution is -2.39. The number of piperidine rings is 1. The lowest BCUT2D eigenvalue weighted by atomic mass is 10.0. The molecule has 1 aromatic heterocycles. The highest BCUT2D eigenvalue weighted by Gasteiger charge is 2.22. The number of rotatable bonds is 12. The van der Waals surface area contributed by atoms with Crippen molar-refractivity contribution in [2.24, 2.45) is 0 Å². The predicted molar refractivity (Wildman–Crippen MR) is 158 cm³/mol. The maximum atomic E-state index is 4.91. The van der Waals surface area contributed by atoms with Gasteiger partial charge in [-0.15, -0.1) is 0 Å². The van der Waals surface area contributed by atoms with Crippen LogP contribution in [0.1, 0.15) is 44.2 Å². The number of aryl methyl sites for hydroxylation is 1. The largest absolute Gasteiger partial charge is 0.377 e. The molecule has 1 saturated heterocycles. The van der Waals surface area contributed by atoms with Crippen LogP contribution in [0.3, 0.4) is 0 Å². The van der Waals surface area contributed by atoms with Gasteiger partial charge in [-0.3, -0.25) is 4.90 Å². The van der Waals surface area contributed by atoms with Crippen LogP contribution in [0.5, 0.6) is 0 Å². The number of para-hydroxylation sites is 2. The van der Waals surface area contributed by atoms with Crippen molar-refractivity contribution >= 4 is 28.4 Å². The Labute approximate surface area is 223 Å². The fourth-order valence-corrected chi connectivity index (χ4v) is 5.47. The molecule has 3 aromatic rings. The first-order valence-corrected chi connectivity index (χ1v) is 14.0. The van der Waals surface area contributed by atoms with Gasteiger partial charge in [0.2, 0.25) is 5.95 Å². The molecule has 2 aromatic carbocycles. The lowest BCUT2D eigenvalue weighted by molar-refractivity contribution is 0.211. The highest BCUT2D eigenvalue weighted by Crippen LogP contribution is 2.28. The number of hydrogen-bond donors (Lipinski definition) is 2. The van der Waals surface area contributed by atoms with Gasteiger partial charge >= 0.3 is 0 Å². The van der Waals surface area contributed by atoms with Crippen molar-refractivity contribution in [3.05, 3.63) is 53.6 Å². The van der Waals surface area contributed by atoms with E-state index in [9.17, 15) is 0 Å². The molecule has 2 heterocycles. The van der Waals surface area contributed by atoms with E-state index in [0.29, 0.717) is 12.0 Å². The summed E-state index contributed by atoms with van der Waals surface area (Å²) in [5, 5.41) is 8.34. The van der Waals surface area contributed by atoms with Gasteiger partial charge in [0.1, 0.15) is 5.82 Å². The molecule has 0 saturated carbocycles. The molecule has 0 spiro atoms. The van der Waals surface area contributed by atoms with Gasteiger partial charge in [0.05, 0.1) is 5.52 Å². The van der Waals surface area contributed by atoms with Gasteiger partial charge in [0.15, 0.2) is 0 Å². The molecule has 0 aliphatic carbocycles. The number of nitrogens with zero attached hydrogens (tertiary/aromatic N) is 5. The van der Waals surface area contributed by atoms with Crippen LogP contribution in [-0.4, -0.2) is 79.2 Å². The zero-order valence-electron chi connectivity index (χ0n) is 23.4. The lowest BCUT2D eigenvalue weighted by Gasteiger charge is -2.34. The first-order valence-electron chi connectivity index (χ1n) is 14.0. The maximum absolute atomic E-state index is 4.91. The Morgan fingerprint density at radius 2 is 1.73 bits per heavy atom. The zero-order valence-corrected chi connectivity index (χ0v) is 23.4. The molecular weight excluding hydrogens is 458 g/mol. The quantitative estimate of drug-likeness (QED) is 0.328. The number of anilines is 3. The third kappa shape index (κ3) is 7.11. The van der Waals surface area contributed by atoms with Crippen molar-refractivity contribution in [3.8, 4) is 0 Å². The minimum atomic E-state index is 0.413. The van der Waals surface area contributed by atoms with Crippen molar-refractivity contribution in [2.75, 3.05) is 68.9 Å². The van der Waals surface area contributed by atoms with Crippen molar-refractivity contribution < 1.29 is 0 Å². The average molecular weight is 504 g/mol. The second-order valence-electron chi connectivity index (χ2n) is 10.4.